The number of carbonyl (C=O) groups is 2. The maximum absolute atomic E-state index is 12.4. The zero-order chi connectivity index (χ0) is 21.0. The number of carbonyl (C=O) groups excluding carboxylic acids is 2. The van der Waals surface area contributed by atoms with Gasteiger partial charge < -0.3 is 14.5 Å². The fourth-order valence-electron chi connectivity index (χ4n) is 3.45. The highest BCUT2D eigenvalue weighted by Crippen LogP contribution is 2.34. The van der Waals surface area contributed by atoms with Crippen molar-refractivity contribution < 1.29 is 14.3 Å². The van der Waals surface area contributed by atoms with E-state index in [2.05, 4.69) is 4.98 Å². The predicted molar refractivity (Wildman–Crippen MR) is 112 cm³/mol. The molecule has 0 unspecified atom stereocenters. The van der Waals surface area contributed by atoms with Crippen molar-refractivity contribution in [1.29, 1.82) is 0 Å². The van der Waals surface area contributed by atoms with Crippen LogP contribution in [0.4, 0.5) is 5.95 Å². The molecule has 7 nitrogen and oxygen atoms in total. The van der Waals surface area contributed by atoms with Gasteiger partial charge in [0.2, 0.25) is 5.95 Å². The lowest BCUT2D eigenvalue weighted by atomic mass is 9.90. The molecule has 2 heterocycles. The quantitative estimate of drug-likeness (QED) is 0.697. The number of rotatable bonds is 5. The molecular formula is C21H25ClN4O3. The summed E-state index contributed by atoms with van der Waals surface area (Å²) < 4.78 is 4.88. The highest BCUT2D eigenvalue weighted by Gasteiger charge is 2.28. The van der Waals surface area contributed by atoms with Gasteiger partial charge in [-0.15, -0.1) is 0 Å². The first-order valence-electron chi connectivity index (χ1n) is 9.56. The first-order chi connectivity index (χ1) is 13.8. The lowest BCUT2D eigenvalue weighted by Gasteiger charge is -2.33. The van der Waals surface area contributed by atoms with Crippen LogP contribution < -0.4 is 4.90 Å². The molecule has 0 saturated carbocycles. The molecule has 0 spiro atoms. The van der Waals surface area contributed by atoms with E-state index in [1.54, 1.807) is 4.90 Å². The highest BCUT2D eigenvalue weighted by atomic mass is 35.5. The van der Waals surface area contributed by atoms with Crippen LogP contribution >= 0.6 is 11.6 Å². The van der Waals surface area contributed by atoms with E-state index in [0.29, 0.717) is 24.1 Å². The molecule has 1 atom stereocenters. The van der Waals surface area contributed by atoms with Crippen molar-refractivity contribution in [3.63, 3.8) is 0 Å². The fourth-order valence-corrected chi connectivity index (χ4v) is 3.57. The molecule has 0 bridgehead atoms. The molecule has 1 aliphatic rings. The Morgan fingerprint density at radius 3 is 2.66 bits per heavy atom. The second kappa shape index (κ2) is 9.22. The lowest BCUT2D eigenvalue weighted by Crippen LogP contribution is -2.41. The van der Waals surface area contributed by atoms with Crippen molar-refractivity contribution in [2.24, 2.45) is 0 Å². The Morgan fingerprint density at radius 1 is 1.28 bits per heavy atom. The molecule has 0 radical (unpaired) electrons. The maximum Gasteiger partial charge on any atom is 0.303 e. The first kappa shape index (κ1) is 21.0. The van der Waals surface area contributed by atoms with Gasteiger partial charge in [0.05, 0.1) is 5.69 Å². The van der Waals surface area contributed by atoms with E-state index in [0.717, 1.165) is 29.7 Å². The Hall–Kier alpha value is -2.67. The van der Waals surface area contributed by atoms with Gasteiger partial charge >= 0.3 is 5.97 Å². The molecule has 2 aromatic rings. The first-order valence-corrected chi connectivity index (χ1v) is 9.94. The summed E-state index contributed by atoms with van der Waals surface area (Å²) in [5.41, 5.74) is 2.83. The molecule has 1 amide bonds. The van der Waals surface area contributed by atoms with Gasteiger partial charge in [0.1, 0.15) is 0 Å². The normalized spacial score (nSPS) is 16.4. The zero-order valence-electron chi connectivity index (χ0n) is 16.9. The summed E-state index contributed by atoms with van der Waals surface area (Å²) in [5, 5.41) is 0.668. The smallest absolute Gasteiger partial charge is 0.303 e. The molecule has 1 aromatic carbocycles. The van der Waals surface area contributed by atoms with Crippen molar-refractivity contribution in [2.75, 3.05) is 38.7 Å². The Morgan fingerprint density at radius 2 is 2.00 bits per heavy atom. The molecule has 0 N–H and O–H groups in total. The molecule has 154 valence electrons. The predicted octanol–water partition coefficient (Wildman–Crippen LogP) is 3.13. The van der Waals surface area contributed by atoms with E-state index in [9.17, 15) is 9.59 Å². The number of piperidine rings is 1. The second-order valence-corrected chi connectivity index (χ2v) is 7.77. The van der Waals surface area contributed by atoms with Crippen LogP contribution in [0.5, 0.6) is 0 Å². The molecule has 29 heavy (non-hydrogen) atoms. The topological polar surface area (TPSA) is 75.6 Å². The van der Waals surface area contributed by atoms with Crippen LogP contribution in [0.25, 0.3) is 11.1 Å². The third kappa shape index (κ3) is 5.23. The van der Waals surface area contributed by atoms with Gasteiger partial charge in [0, 0.05) is 56.8 Å². The SMILES string of the molecule is CC(=O)OCC(=O)N1CCC[C@@H](c2nc(N(C)C)ncc2-c2ccc(Cl)cc2)C1. The van der Waals surface area contributed by atoms with Gasteiger partial charge in [-0.25, -0.2) is 9.97 Å². The minimum Gasteiger partial charge on any atom is -0.456 e. The van der Waals surface area contributed by atoms with E-state index < -0.39 is 5.97 Å². The summed E-state index contributed by atoms with van der Waals surface area (Å²) in [6.45, 7) is 2.26. The standard InChI is InChI=1S/C21H25ClN4O3/c1-14(27)29-13-19(28)26-10-4-5-16(12-26)20-18(11-23-21(24-20)25(2)3)15-6-8-17(22)9-7-15/h6-9,11,16H,4-5,10,12-13H2,1-3H3/t16-/m1/s1. The van der Waals surface area contributed by atoms with Crippen molar-refractivity contribution in [3.05, 3.63) is 41.2 Å². The Bertz CT molecular complexity index is 886. The Labute approximate surface area is 175 Å². The number of halogens is 1. The Balaban J connectivity index is 1.90. The lowest BCUT2D eigenvalue weighted by molar-refractivity contribution is -0.150. The molecule has 3 rings (SSSR count). The number of likely N-dealkylation sites (tertiary alicyclic amines) is 1. The molecule has 1 aromatic heterocycles. The number of hydrogen-bond donors (Lipinski definition) is 0. The summed E-state index contributed by atoms with van der Waals surface area (Å²) in [6.07, 6.45) is 3.61. The summed E-state index contributed by atoms with van der Waals surface area (Å²) >= 11 is 6.04. The van der Waals surface area contributed by atoms with Gasteiger partial charge in [-0.1, -0.05) is 23.7 Å². The van der Waals surface area contributed by atoms with Crippen LogP contribution in [-0.4, -0.2) is 60.5 Å². The van der Waals surface area contributed by atoms with Gasteiger partial charge in [0.15, 0.2) is 6.61 Å². The average molecular weight is 417 g/mol. The number of anilines is 1. The van der Waals surface area contributed by atoms with Crippen LogP contribution in [0.3, 0.4) is 0 Å². The maximum atomic E-state index is 12.4. The molecule has 8 heteroatoms. The number of benzene rings is 1. The molecule has 1 fully saturated rings. The second-order valence-electron chi connectivity index (χ2n) is 7.33. The van der Waals surface area contributed by atoms with Crippen molar-refractivity contribution in [3.8, 4) is 11.1 Å². The van der Waals surface area contributed by atoms with Gasteiger partial charge in [0.25, 0.3) is 5.91 Å². The largest absolute Gasteiger partial charge is 0.456 e. The third-order valence-electron chi connectivity index (χ3n) is 4.92. The number of nitrogens with zero attached hydrogens (tertiary/aromatic N) is 4. The van der Waals surface area contributed by atoms with E-state index in [4.69, 9.17) is 21.3 Å². The van der Waals surface area contributed by atoms with Crippen LogP contribution in [0.15, 0.2) is 30.5 Å². The van der Waals surface area contributed by atoms with Gasteiger partial charge in [-0.05, 0) is 30.5 Å². The van der Waals surface area contributed by atoms with Gasteiger partial charge in [-0.3, -0.25) is 9.59 Å². The molecule has 1 aliphatic heterocycles. The number of aromatic nitrogens is 2. The van der Waals surface area contributed by atoms with Crippen molar-refractivity contribution in [1.82, 2.24) is 14.9 Å². The number of hydrogen-bond acceptors (Lipinski definition) is 6. The average Bonchev–Trinajstić information content (AvgIpc) is 2.72. The number of amides is 1. The minimum atomic E-state index is -0.455. The summed E-state index contributed by atoms with van der Waals surface area (Å²) in [5.74, 6) is 0.0571. The summed E-state index contributed by atoms with van der Waals surface area (Å²) in [6, 6.07) is 7.59. The van der Waals surface area contributed by atoms with E-state index in [1.807, 2.05) is 49.5 Å². The van der Waals surface area contributed by atoms with Crippen LogP contribution in [0, 0.1) is 0 Å². The van der Waals surface area contributed by atoms with Crippen LogP contribution in [0.2, 0.25) is 5.02 Å². The van der Waals surface area contributed by atoms with Gasteiger partial charge in [-0.2, -0.15) is 0 Å². The van der Waals surface area contributed by atoms with Crippen LogP contribution in [0.1, 0.15) is 31.4 Å². The fraction of sp³-hybridized carbons (Fsp3) is 0.429. The van der Waals surface area contributed by atoms with E-state index in [-0.39, 0.29) is 18.4 Å². The summed E-state index contributed by atoms with van der Waals surface area (Å²) in [7, 11) is 3.80. The monoisotopic (exact) mass is 416 g/mol. The Kier molecular flexibility index (Phi) is 6.69. The molecule has 0 aliphatic carbocycles. The molecule has 1 saturated heterocycles. The van der Waals surface area contributed by atoms with E-state index >= 15 is 0 Å². The number of esters is 1. The zero-order valence-corrected chi connectivity index (χ0v) is 17.6. The van der Waals surface area contributed by atoms with Crippen LogP contribution in [-0.2, 0) is 14.3 Å². The van der Waals surface area contributed by atoms with E-state index in [1.165, 1.54) is 6.92 Å². The summed E-state index contributed by atoms with van der Waals surface area (Å²) in [4.78, 5) is 36.4. The van der Waals surface area contributed by atoms with Crippen molar-refractivity contribution >= 4 is 29.4 Å². The molecular weight excluding hydrogens is 392 g/mol. The number of ether oxygens (including phenoxy) is 1. The highest BCUT2D eigenvalue weighted by molar-refractivity contribution is 6.30. The third-order valence-corrected chi connectivity index (χ3v) is 5.17. The minimum absolute atomic E-state index is 0.0670. The van der Waals surface area contributed by atoms with Crippen molar-refractivity contribution in [2.45, 2.75) is 25.7 Å².